The lowest BCUT2D eigenvalue weighted by Crippen LogP contribution is -2.46. The topological polar surface area (TPSA) is 37.4 Å². The molecule has 0 bridgehead atoms. The summed E-state index contributed by atoms with van der Waals surface area (Å²) in [7, 11) is 0. The van der Waals surface area contributed by atoms with Crippen LogP contribution in [-0.4, -0.2) is 36.1 Å². The monoisotopic (exact) mass is 339 g/mol. The minimum absolute atomic E-state index is 0.112. The normalized spacial score (nSPS) is 27.0. The van der Waals surface area contributed by atoms with Crippen LogP contribution in [0.15, 0.2) is 24.3 Å². The van der Waals surface area contributed by atoms with Gasteiger partial charge in [-0.15, -0.1) is 0 Å². The van der Waals surface area contributed by atoms with E-state index in [1.807, 2.05) is 6.07 Å². The van der Waals surface area contributed by atoms with E-state index in [1.165, 1.54) is 44.1 Å². The van der Waals surface area contributed by atoms with Gasteiger partial charge in [0.1, 0.15) is 0 Å². The molecule has 3 nitrogen and oxygen atoms in total. The largest absolute Gasteiger partial charge is 0.300 e. The number of nitrogens with zero attached hydrogens (tertiary/aromatic N) is 1. The second-order valence-corrected chi connectivity index (χ2v) is 8.33. The first kappa shape index (κ1) is 17.0. The van der Waals surface area contributed by atoms with Crippen LogP contribution >= 0.6 is 0 Å². The Bertz CT molecular complexity index is 637. The maximum absolute atomic E-state index is 12.2. The lowest BCUT2D eigenvalue weighted by atomic mass is 9.73. The number of ketones is 1. The number of fused-ring (bicyclic) bond motifs is 2. The van der Waals surface area contributed by atoms with E-state index < -0.39 is 0 Å². The summed E-state index contributed by atoms with van der Waals surface area (Å²) in [5.74, 6) is -0.450. The number of rotatable bonds is 3. The first-order chi connectivity index (χ1) is 12.2. The molecule has 25 heavy (non-hydrogen) atoms. The zero-order valence-electron chi connectivity index (χ0n) is 15.1. The Kier molecular flexibility index (Phi) is 4.77. The average molecular weight is 339 g/mol. The summed E-state index contributed by atoms with van der Waals surface area (Å²) in [5, 5.41) is 0. The summed E-state index contributed by atoms with van der Waals surface area (Å²) in [6, 6.07) is 9.13. The molecule has 134 valence electrons. The van der Waals surface area contributed by atoms with Crippen LogP contribution in [0.3, 0.4) is 0 Å². The van der Waals surface area contributed by atoms with Gasteiger partial charge in [-0.1, -0.05) is 49.9 Å². The summed E-state index contributed by atoms with van der Waals surface area (Å²) in [4.78, 5) is 26.0. The van der Waals surface area contributed by atoms with E-state index in [9.17, 15) is 9.59 Å². The minimum Gasteiger partial charge on any atom is -0.300 e. The van der Waals surface area contributed by atoms with Gasteiger partial charge in [0.15, 0.2) is 6.29 Å². The standard InChI is InChI=1S/C22H29NO2/c24-16-21(25)19-15-22(20-10-6-5-9-18(19)20)11-13-23(14-12-22)17-7-3-1-2-4-8-17/h5-6,9-10,16-17,19H,1-4,7-8,11-15H2. The van der Waals surface area contributed by atoms with Crippen molar-refractivity contribution in [2.75, 3.05) is 13.1 Å². The Hall–Kier alpha value is -1.48. The van der Waals surface area contributed by atoms with E-state index >= 15 is 0 Å². The van der Waals surface area contributed by atoms with E-state index in [1.54, 1.807) is 0 Å². The molecule has 1 aromatic carbocycles. The van der Waals surface area contributed by atoms with Crippen molar-refractivity contribution in [3.05, 3.63) is 35.4 Å². The molecule has 3 heteroatoms. The van der Waals surface area contributed by atoms with Crippen LogP contribution in [0.5, 0.6) is 0 Å². The molecule has 1 saturated heterocycles. The number of carbonyl (C=O) groups excluding carboxylic acids is 2. The van der Waals surface area contributed by atoms with Crippen molar-refractivity contribution in [3.63, 3.8) is 0 Å². The van der Waals surface area contributed by atoms with E-state index in [4.69, 9.17) is 0 Å². The van der Waals surface area contributed by atoms with Crippen LogP contribution in [0.4, 0.5) is 0 Å². The van der Waals surface area contributed by atoms with Crippen LogP contribution in [-0.2, 0) is 15.0 Å². The molecule has 1 unspecified atom stereocenters. The molecular weight excluding hydrogens is 310 g/mol. The third kappa shape index (κ3) is 3.08. The van der Waals surface area contributed by atoms with Gasteiger partial charge in [-0.25, -0.2) is 0 Å². The van der Waals surface area contributed by atoms with Crippen molar-refractivity contribution in [2.24, 2.45) is 0 Å². The molecule has 0 aromatic heterocycles. The molecule has 2 aliphatic carbocycles. The van der Waals surface area contributed by atoms with Gasteiger partial charge in [0.25, 0.3) is 0 Å². The molecule has 1 heterocycles. The summed E-state index contributed by atoms with van der Waals surface area (Å²) < 4.78 is 0. The molecule has 1 aliphatic heterocycles. The Morgan fingerprint density at radius 2 is 1.72 bits per heavy atom. The van der Waals surface area contributed by atoms with Crippen molar-refractivity contribution in [3.8, 4) is 0 Å². The van der Waals surface area contributed by atoms with Gasteiger partial charge >= 0.3 is 0 Å². The molecule has 0 radical (unpaired) electrons. The predicted octanol–water partition coefficient (Wildman–Crippen LogP) is 4.00. The fourth-order valence-electron chi connectivity index (χ4n) is 5.64. The highest BCUT2D eigenvalue weighted by atomic mass is 16.2. The molecule has 2 fully saturated rings. The Morgan fingerprint density at radius 1 is 1.04 bits per heavy atom. The van der Waals surface area contributed by atoms with Gasteiger partial charge in [-0.3, -0.25) is 9.59 Å². The number of carbonyl (C=O) groups is 2. The third-order valence-electron chi connectivity index (χ3n) is 7.06. The third-order valence-corrected chi connectivity index (χ3v) is 7.06. The molecule has 1 saturated carbocycles. The minimum atomic E-state index is -0.240. The van der Waals surface area contributed by atoms with Crippen LogP contribution in [0, 0.1) is 0 Å². The Balaban J connectivity index is 1.52. The molecule has 4 rings (SSSR count). The van der Waals surface area contributed by atoms with Crippen molar-refractivity contribution in [1.82, 2.24) is 4.90 Å². The van der Waals surface area contributed by atoms with Crippen molar-refractivity contribution >= 4 is 12.1 Å². The quantitative estimate of drug-likeness (QED) is 0.474. The molecule has 0 amide bonds. The second-order valence-electron chi connectivity index (χ2n) is 8.33. The number of Topliss-reactive ketones (excluding diaryl/α,β-unsaturated/α-hetero) is 1. The molecular formula is C22H29NO2. The number of piperidine rings is 1. The SMILES string of the molecule is O=CC(=O)C1CC2(CCN(C3CCCCCC3)CC2)c2ccccc21. The zero-order valence-corrected chi connectivity index (χ0v) is 15.1. The lowest BCUT2D eigenvalue weighted by Gasteiger charge is -2.43. The van der Waals surface area contributed by atoms with Gasteiger partial charge in [0.2, 0.25) is 5.78 Å². The van der Waals surface area contributed by atoms with Crippen LogP contribution in [0.25, 0.3) is 0 Å². The summed E-state index contributed by atoms with van der Waals surface area (Å²) >= 11 is 0. The molecule has 0 N–H and O–H groups in total. The van der Waals surface area contributed by atoms with Crippen molar-refractivity contribution in [1.29, 1.82) is 0 Å². The number of aldehydes is 1. The van der Waals surface area contributed by atoms with E-state index in [0.717, 1.165) is 44.0 Å². The predicted molar refractivity (Wildman–Crippen MR) is 98.8 cm³/mol. The van der Waals surface area contributed by atoms with Crippen LogP contribution in [0.2, 0.25) is 0 Å². The number of benzene rings is 1. The average Bonchev–Trinajstić information content (AvgIpc) is 2.82. The van der Waals surface area contributed by atoms with E-state index in [2.05, 4.69) is 23.1 Å². The maximum atomic E-state index is 12.2. The van der Waals surface area contributed by atoms with Crippen molar-refractivity contribution < 1.29 is 9.59 Å². The van der Waals surface area contributed by atoms with Gasteiger partial charge in [0.05, 0.1) is 5.92 Å². The van der Waals surface area contributed by atoms with Gasteiger partial charge in [-0.2, -0.15) is 0 Å². The number of hydrogen-bond acceptors (Lipinski definition) is 3. The number of likely N-dealkylation sites (tertiary alicyclic amines) is 1. The van der Waals surface area contributed by atoms with Gasteiger partial charge in [0, 0.05) is 6.04 Å². The van der Waals surface area contributed by atoms with Crippen molar-refractivity contribution in [2.45, 2.75) is 75.2 Å². The van der Waals surface area contributed by atoms with Gasteiger partial charge < -0.3 is 4.90 Å². The van der Waals surface area contributed by atoms with E-state index in [-0.39, 0.29) is 17.1 Å². The lowest BCUT2D eigenvalue weighted by molar-refractivity contribution is -0.131. The highest BCUT2D eigenvalue weighted by Gasteiger charge is 2.47. The fourth-order valence-corrected chi connectivity index (χ4v) is 5.64. The number of hydrogen-bond donors (Lipinski definition) is 0. The fraction of sp³-hybridized carbons (Fsp3) is 0.636. The highest BCUT2D eigenvalue weighted by molar-refractivity contribution is 6.28. The van der Waals surface area contributed by atoms with Crippen LogP contribution in [0.1, 0.15) is 74.8 Å². The summed E-state index contributed by atoms with van der Waals surface area (Å²) in [5.41, 5.74) is 2.57. The Morgan fingerprint density at radius 3 is 2.40 bits per heavy atom. The van der Waals surface area contributed by atoms with E-state index in [0.29, 0.717) is 6.29 Å². The first-order valence-electron chi connectivity index (χ1n) is 10.1. The Labute approximate surface area is 150 Å². The summed E-state index contributed by atoms with van der Waals surface area (Å²) in [6.07, 6.45) is 11.9. The van der Waals surface area contributed by atoms with Gasteiger partial charge in [-0.05, 0) is 61.7 Å². The second kappa shape index (κ2) is 7.03. The smallest absolute Gasteiger partial charge is 0.202 e. The maximum Gasteiger partial charge on any atom is 0.202 e. The highest BCUT2D eigenvalue weighted by Crippen LogP contribution is 2.52. The molecule has 1 spiro atoms. The molecule has 1 atom stereocenters. The first-order valence-corrected chi connectivity index (χ1v) is 10.1. The van der Waals surface area contributed by atoms with Crippen LogP contribution < -0.4 is 0 Å². The molecule has 1 aromatic rings. The summed E-state index contributed by atoms with van der Waals surface area (Å²) in [6.45, 7) is 2.28. The zero-order chi connectivity index (χ0) is 17.3. The molecule has 3 aliphatic rings.